The molecule has 0 fully saturated rings. The van der Waals surface area contributed by atoms with Gasteiger partial charge >= 0.3 is 0 Å². The number of carbonyl (C=O) groups is 1. The van der Waals surface area contributed by atoms with Crippen molar-refractivity contribution in [2.45, 2.75) is 0 Å². The Morgan fingerprint density at radius 1 is 1.36 bits per heavy atom. The number of ether oxygens (including phenoxy) is 1. The Kier molecular flexibility index (Phi) is 6.17. The van der Waals surface area contributed by atoms with Gasteiger partial charge in [0.05, 0.1) is 17.3 Å². The van der Waals surface area contributed by atoms with Crippen molar-refractivity contribution in [3.05, 3.63) is 56.2 Å². The number of phenolic OH excluding ortho intramolecular Hbond substituents is 1. The van der Waals surface area contributed by atoms with Crippen LogP contribution in [0, 0.1) is 17.1 Å². The third kappa shape index (κ3) is 4.18. The zero-order valence-electron chi connectivity index (χ0n) is 12.8. The summed E-state index contributed by atoms with van der Waals surface area (Å²) in [5.41, 5.74) is 0.141. The molecule has 1 amide bonds. The van der Waals surface area contributed by atoms with Gasteiger partial charge in [-0.25, -0.2) is 4.39 Å². The van der Waals surface area contributed by atoms with Gasteiger partial charge in [0.15, 0.2) is 11.5 Å². The van der Waals surface area contributed by atoms with E-state index >= 15 is 0 Å². The fraction of sp³-hybridized carbons (Fsp3) is 0.0588. The van der Waals surface area contributed by atoms with Crippen molar-refractivity contribution in [3.63, 3.8) is 0 Å². The lowest BCUT2D eigenvalue weighted by atomic mass is 10.1. The molecule has 5 nitrogen and oxygen atoms in total. The minimum atomic E-state index is -0.761. The number of nitrogens with zero attached hydrogens (tertiary/aromatic N) is 1. The summed E-state index contributed by atoms with van der Waals surface area (Å²) in [5, 5.41) is 21.5. The number of para-hydroxylation sites is 1. The van der Waals surface area contributed by atoms with Crippen LogP contribution >= 0.6 is 31.9 Å². The van der Waals surface area contributed by atoms with Crippen molar-refractivity contribution >= 4 is 49.5 Å². The SMILES string of the molecule is COc1cc(C=C(C#N)C(=O)Nc2ccccc2F)c(Br)c(Br)c1O. The van der Waals surface area contributed by atoms with Gasteiger partial charge in [-0.05, 0) is 61.7 Å². The maximum absolute atomic E-state index is 13.6. The Morgan fingerprint density at radius 2 is 2.04 bits per heavy atom. The Labute approximate surface area is 160 Å². The fourth-order valence-corrected chi connectivity index (χ4v) is 2.77. The van der Waals surface area contributed by atoms with Crippen molar-refractivity contribution < 1.29 is 19.0 Å². The molecule has 0 aliphatic heterocycles. The Morgan fingerprint density at radius 3 is 2.64 bits per heavy atom. The number of nitriles is 1. The number of anilines is 1. The lowest BCUT2D eigenvalue weighted by Gasteiger charge is -2.10. The highest BCUT2D eigenvalue weighted by Crippen LogP contribution is 2.42. The number of halogens is 3. The molecule has 2 aromatic rings. The second kappa shape index (κ2) is 8.14. The molecular weight excluding hydrogens is 459 g/mol. The molecule has 2 aromatic carbocycles. The van der Waals surface area contributed by atoms with Gasteiger partial charge in [-0.2, -0.15) is 5.26 Å². The lowest BCUT2D eigenvalue weighted by Crippen LogP contribution is -2.14. The Balaban J connectivity index is 2.41. The number of methoxy groups -OCH3 is 1. The third-order valence-electron chi connectivity index (χ3n) is 3.18. The molecular formula is C17H11Br2FN2O3. The molecule has 0 aromatic heterocycles. The van der Waals surface area contributed by atoms with E-state index in [1.807, 2.05) is 0 Å². The van der Waals surface area contributed by atoms with Crippen molar-refractivity contribution in [2.24, 2.45) is 0 Å². The molecule has 2 N–H and O–H groups in total. The van der Waals surface area contributed by atoms with Crippen LogP contribution in [0.1, 0.15) is 5.56 Å². The highest BCUT2D eigenvalue weighted by molar-refractivity contribution is 9.13. The predicted molar refractivity (Wildman–Crippen MR) is 98.7 cm³/mol. The Hall–Kier alpha value is -2.37. The van der Waals surface area contributed by atoms with Crippen LogP contribution in [0.4, 0.5) is 10.1 Å². The molecule has 0 aliphatic carbocycles. The van der Waals surface area contributed by atoms with Crippen LogP contribution in [0.5, 0.6) is 11.5 Å². The number of benzene rings is 2. The van der Waals surface area contributed by atoms with E-state index in [2.05, 4.69) is 37.2 Å². The van der Waals surface area contributed by atoms with Gasteiger partial charge in [-0.1, -0.05) is 12.1 Å². The van der Waals surface area contributed by atoms with Crippen LogP contribution in [-0.2, 0) is 4.79 Å². The molecule has 0 bridgehead atoms. The maximum Gasteiger partial charge on any atom is 0.266 e. The molecule has 0 unspecified atom stereocenters. The van der Waals surface area contributed by atoms with Crippen LogP contribution in [0.2, 0.25) is 0 Å². The number of hydrogen-bond donors (Lipinski definition) is 2. The number of aromatic hydroxyl groups is 1. The van der Waals surface area contributed by atoms with Gasteiger partial charge in [0.1, 0.15) is 17.5 Å². The minimum absolute atomic E-state index is 0.0304. The summed E-state index contributed by atoms with van der Waals surface area (Å²) >= 11 is 6.47. The number of phenols is 1. The molecule has 0 aliphatic rings. The average molecular weight is 470 g/mol. The fourth-order valence-electron chi connectivity index (χ4n) is 1.93. The topological polar surface area (TPSA) is 82.3 Å². The summed E-state index contributed by atoms with van der Waals surface area (Å²) < 4.78 is 19.4. The Bertz CT molecular complexity index is 907. The molecule has 0 saturated carbocycles. The summed E-state index contributed by atoms with van der Waals surface area (Å²) in [6.45, 7) is 0. The zero-order chi connectivity index (χ0) is 18.6. The van der Waals surface area contributed by atoms with E-state index in [-0.39, 0.29) is 22.8 Å². The number of hydrogen-bond acceptors (Lipinski definition) is 4. The number of nitrogens with one attached hydrogen (secondary N) is 1. The van der Waals surface area contributed by atoms with Crippen molar-refractivity contribution in [1.82, 2.24) is 0 Å². The van der Waals surface area contributed by atoms with Gasteiger partial charge in [0, 0.05) is 4.47 Å². The van der Waals surface area contributed by atoms with Crippen molar-refractivity contribution in [3.8, 4) is 17.6 Å². The molecule has 0 atom stereocenters. The standard InChI is InChI=1S/C17H11Br2FN2O3/c1-25-13-7-9(14(18)15(19)16(13)23)6-10(8-21)17(24)22-12-5-3-2-4-11(12)20/h2-7,23H,1H3,(H,22,24). The van der Waals surface area contributed by atoms with Crippen LogP contribution in [0.15, 0.2) is 44.9 Å². The molecule has 128 valence electrons. The highest BCUT2D eigenvalue weighted by Gasteiger charge is 2.17. The monoisotopic (exact) mass is 468 g/mol. The minimum Gasteiger partial charge on any atom is -0.503 e. The van der Waals surface area contributed by atoms with Crippen molar-refractivity contribution in [1.29, 1.82) is 5.26 Å². The molecule has 2 rings (SSSR count). The first-order chi connectivity index (χ1) is 11.9. The van der Waals surface area contributed by atoms with Gasteiger partial charge < -0.3 is 15.2 Å². The third-order valence-corrected chi connectivity index (χ3v) is 5.34. The average Bonchev–Trinajstić information content (AvgIpc) is 2.61. The maximum atomic E-state index is 13.6. The van der Waals surface area contributed by atoms with E-state index in [0.717, 1.165) is 0 Å². The van der Waals surface area contributed by atoms with E-state index in [1.165, 1.54) is 37.5 Å². The van der Waals surface area contributed by atoms with E-state index < -0.39 is 11.7 Å². The summed E-state index contributed by atoms with van der Waals surface area (Å²) in [4.78, 5) is 12.2. The number of amides is 1. The summed E-state index contributed by atoms with van der Waals surface area (Å²) in [7, 11) is 1.37. The van der Waals surface area contributed by atoms with Gasteiger partial charge in [-0.15, -0.1) is 0 Å². The van der Waals surface area contributed by atoms with E-state index in [4.69, 9.17) is 4.74 Å². The number of rotatable bonds is 4. The van der Waals surface area contributed by atoms with Crippen LogP contribution in [0.3, 0.4) is 0 Å². The zero-order valence-corrected chi connectivity index (χ0v) is 16.0. The second-order valence-corrected chi connectivity index (χ2v) is 6.33. The number of carbonyl (C=O) groups excluding carboxylic acids is 1. The van der Waals surface area contributed by atoms with Crippen molar-refractivity contribution in [2.75, 3.05) is 12.4 Å². The van der Waals surface area contributed by atoms with Gasteiger partial charge in [0.25, 0.3) is 5.91 Å². The quantitative estimate of drug-likeness (QED) is 0.506. The van der Waals surface area contributed by atoms with E-state index in [9.17, 15) is 19.6 Å². The summed E-state index contributed by atoms with van der Waals surface area (Å²) in [6.07, 6.45) is 1.30. The molecule has 0 radical (unpaired) electrons. The second-order valence-electron chi connectivity index (χ2n) is 4.75. The first kappa shape index (κ1) is 19.0. The largest absolute Gasteiger partial charge is 0.503 e. The molecule has 0 saturated heterocycles. The molecule has 8 heteroatoms. The summed E-state index contributed by atoms with van der Waals surface area (Å²) in [6, 6.07) is 8.87. The van der Waals surface area contributed by atoms with Crippen LogP contribution < -0.4 is 10.1 Å². The molecule has 25 heavy (non-hydrogen) atoms. The molecule has 0 heterocycles. The smallest absolute Gasteiger partial charge is 0.266 e. The van der Waals surface area contributed by atoms with Gasteiger partial charge in [-0.3, -0.25) is 4.79 Å². The van der Waals surface area contributed by atoms with E-state index in [0.29, 0.717) is 14.5 Å². The predicted octanol–water partition coefficient (Wildman–Crippen LogP) is 4.61. The van der Waals surface area contributed by atoms with Crippen LogP contribution in [0.25, 0.3) is 6.08 Å². The van der Waals surface area contributed by atoms with Crippen LogP contribution in [-0.4, -0.2) is 18.1 Å². The first-order valence-corrected chi connectivity index (χ1v) is 8.40. The lowest BCUT2D eigenvalue weighted by molar-refractivity contribution is -0.112. The summed E-state index contributed by atoms with van der Waals surface area (Å²) in [5.74, 6) is -1.33. The molecule has 0 spiro atoms. The van der Waals surface area contributed by atoms with Gasteiger partial charge in [0.2, 0.25) is 0 Å². The van der Waals surface area contributed by atoms with E-state index in [1.54, 1.807) is 12.1 Å². The highest BCUT2D eigenvalue weighted by atomic mass is 79.9. The first-order valence-electron chi connectivity index (χ1n) is 6.81. The normalized spacial score (nSPS) is 10.9.